The molecule has 5 heteroatoms. The summed E-state index contributed by atoms with van der Waals surface area (Å²) < 4.78 is 31.1. The molecule has 2 aromatic rings. The molecule has 4 nitrogen and oxygen atoms in total. The largest absolute Gasteiger partial charge is 0.497 e. The van der Waals surface area contributed by atoms with E-state index >= 15 is 0 Å². The minimum atomic E-state index is -3.51. The van der Waals surface area contributed by atoms with Crippen LogP contribution in [0.3, 0.4) is 0 Å². The summed E-state index contributed by atoms with van der Waals surface area (Å²) in [5.41, 5.74) is 2.59. The Labute approximate surface area is 124 Å². The second-order valence-electron chi connectivity index (χ2n) is 5.14. The van der Waals surface area contributed by atoms with Crippen molar-refractivity contribution in [1.29, 1.82) is 0 Å². The lowest BCUT2D eigenvalue weighted by molar-refractivity contribution is 0.413. The standard InChI is InChI=1S/C16H17NO3S/c1-11-7-8-13(20-2)9-15(11)21(18,19)16-14-6-4-3-5-12(14)10-17-16/h3-9,16-17H,10H2,1-2H3. The van der Waals surface area contributed by atoms with E-state index in [0.29, 0.717) is 17.2 Å². The third kappa shape index (κ3) is 2.32. The Morgan fingerprint density at radius 3 is 2.71 bits per heavy atom. The van der Waals surface area contributed by atoms with Gasteiger partial charge < -0.3 is 4.74 Å². The number of fused-ring (bicyclic) bond motifs is 1. The van der Waals surface area contributed by atoms with Crippen LogP contribution in [0.2, 0.25) is 0 Å². The molecular weight excluding hydrogens is 286 g/mol. The number of sulfone groups is 1. The molecule has 0 aromatic heterocycles. The molecule has 0 bridgehead atoms. The normalized spacial score (nSPS) is 17.5. The molecular formula is C16H17NO3S. The Hall–Kier alpha value is -1.85. The van der Waals surface area contributed by atoms with E-state index in [-0.39, 0.29) is 0 Å². The van der Waals surface area contributed by atoms with Gasteiger partial charge in [0, 0.05) is 6.54 Å². The third-order valence-corrected chi connectivity index (χ3v) is 5.92. The van der Waals surface area contributed by atoms with Crippen molar-refractivity contribution in [1.82, 2.24) is 5.32 Å². The molecule has 1 atom stereocenters. The number of ether oxygens (including phenoxy) is 1. The summed E-state index contributed by atoms with van der Waals surface area (Å²) in [7, 11) is -1.97. The summed E-state index contributed by atoms with van der Waals surface area (Å²) in [6.45, 7) is 2.37. The molecule has 0 radical (unpaired) electrons. The number of hydrogen-bond acceptors (Lipinski definition) is 4. The third-order valence-electron chi connectivity index (χ3n) is 3.83. The van der Waals surface area contributed by atoms with Gasteiger partial charge in [-0.1, -0.05) is 30.3 Å². The van der Waals surface area contributed by atoms with Crippen molar-refractivity contribution in [2.75, 3.05) is 7.11 Å². The van der Waals surface area contributed by atoms with Crippen molar-refractivity contribution in [2.45, 2.75) is 23.7 Å². The number of methoxy groups -OCH3 is 1. The molecule has 0 fully saturated rings. The molecule has 2 aromatic carbocycles. The SMILES string of the molecule is COc1ccc(C)c(S(=O)(=O)C2NCc3ccccc32)c1. The lowest BCUT2D eigenvalue weighted by Gasteiger charge is -2.16. The fourth-order valence-corrected chi connectivity index (χ4v) is 4.60. The van der Waals surface area contributed by atoms with Crippen LogP contribution in [-0.2, 0) is 16.4 Å². The first kappa shape index (κ1) is 14.1. The second kappa shape index (κ2) is 5.16. The number of hydrogen-bond donors (Lipinski definition) is 1. The molecule has 0 spiro atoms. The fraction of sp³-hybridized carbons (Fsp3) is 0.250. The van der Waals surface area contributed by atoms with Crippen LogP contribution in [0.15, 0.2) is 47.4 Å². The van der Waals surface area contributed by atoms with Crippen molar-refractivity contribution in [3.63, 3.8) is 0 Å². The van der Waals surface area contributed by atoms with E-state index in [1.807, 2.05) is 24.3 Å². The van der Waals surface area contributed by atoms with Gasteiger partial charge in [-0.15, -0.1) is 0 Å². The average molecular weight is 303 g/mol. The highest BCUT2D eigenvalue weighted by Gasteiger charge is 2.35. The van der Waals surface area contributed by atoms with Crippen LogP contribution in [0.4, 0.5) is 0 Å². The van der Waals surface area contributed by atoms with Gasteiger partial charge in [-0.2, -0.15) is 0 Å². The Morgan fingerprint density at radius 1 is 1.19 bits per heavy atom. The molecule has 1 unspecified atom stereocenters. The van der Waals surface area contributed by atoms with Gasteiger partial charge in [0.1, 0.15) is 11.1 Å². The molecule has 0 aliphatic carbocycles. The Kier molecular flexibility index (Phi) is 3.47. The molecule has 21 heavy (non-hydrogen) atoms. The average Bonchev–Trinajstić information content (AvgIpc) is 2.92. The van der Waals surface area contributed by atoms with E-state index in [1.54, 1.807) is 25.1 Å². The lowest BCUT2D eigenvalue weighted by Crippen LogP contribution is -2.23. The minimum absolute atomic E-state index is 0.316. The van der Waals surface area contributed by atoms with E-state index in [4.69, 9.17) is 4.74 Å². The molecule has 3 rings (SSSR count). The fourth-order valence-electron chi connectivity index (χ4n) is 2.68. The summed E-state index contributed by atoms with van der Waals surface area (Å²) in [5, 5.41) is 2.40. The summed E-state index contributed by atoms with van der Waals surface area (Å²) >= 11 is 0. The van der Waals surface area contributed by atoms with Crippen LogP contribution in [0.1, 0.15) is 22.1 Å². The van der Waals surface area contributed by atoms with Crippen LogP contribution >= 0.6 is 0 Å². The van der Waals surface area contributed by atoms with Crippen molar-refractivity contribution in [3.8, 4) is 5.75 Å². The predicted octanol–water partition coefficient (Wildman–Crippen LogP) is 2.58. The maximum atomic E-state index is 13.0. The van der Waals surface area contributed by atoms with E-state index in [1.165, 1.54) is 7.11 Å². The molecule has 110 valence electrons. The number of rotatable bonds is 3. The monoisotopic (exact) mass is 303 g/mol. The van der Waals surface area contributed by atoms with Gasteiger partial charge in [0.25, 0.3) is 0 Å². The van der Waals surface area contributed by atoms with Crippen molar-refractivity contribution >= 4 is 9.84 Å². The van der Waals surface area contributed by atoms with Gasteiger partial charge in [-0.3, -0.25) is 5.32 Å². The van der Waals surface area contributed by atoms with E-state index in [0.717, 1.165) is 16.7 Å². The first-order valence-electron chi connectivity index (χ1n) is 6.74. The quantitative estimate of drug-likeness (QED) is 0.947. The molecule has 1 aliphatic rings. The van der Waals surface area contributed by atoms with Crippen LogP contribution in [0, 0.1) is 6.92 Å². The van der Waals surface area contributed by atoms with Gasteiger partial charge in [0.15, 0.2) is 9.84 Å². The van der Waals surface area contributed by atoms with Gasteiger partial charge in [-0.05, 0) is 35.7 Å². The maximum Gasteiger partial charge on any atom is 0.198 e. The number of benzene rings is 2. The Bertz CT molecular complexity index is 784. The molecule has 1 heterocycles. The zero-order chi connectivity index (χ0) is 15.0. The van der Waals surface area contributed by atoms with Gasteiger partial charge in [-0.25, -0.2) is 8.42 Å². The summed E-state index contributed by atoms with van der Waals surface area (Å²) in [4.78, 5) is 0.316. The van der Waals surface area contributed by atoms with E-state index in [9.17, 15) is 8.42 Å². The van der Waals surface area contributed by atoms with Gasteiger partial charge in [0.05, 0.1) is 12.0 Å². The number of nitrogens with one attached hydrogen (secondary N) is 1. The molecule has 0 amide bonds. The number of aryl methyl sites for hydroxylation is 1. The Balaban J connectivity index is 2.10. The van der Waals surface area contributed by atoms with Crippen molar-refractivity contribution in [3.05, 3.63) is 59.2 Å². The first-order valence-corrected chi connectivity index (χ1v) is 8.28. The molecule has 0 saturated carbocycles. The summed E-state index contributed by atoms with van der Waals surface area (Å²) in [5.74, 6) is 0.547. The van der Waals surface area contributed by atoms with Gasteiger partial charge in [0.2, 0.25) is 0 Å². The highest BCUT2D eigenvalue weighted by molar-refractivity contribution is 7.91. The Morgan fingerprint density at radius 2 is 1.95 bits per heavy atom. The molecule has 1 aliphatic heterocycles. The smallest absolute Gasteiger partial charge is 0.198 e. The summed E-state index contributed by atoms with van der Waals surface area (Å²) in [6.07, 6.45) is 0. The summed E-state index contributed by atoms with van der Waals surface area (Å²) in [6, 6.07) is 12.7. The topological polar surface area (TPSA) is 55.4 Å². The van der Waals surface area contributed by atoms with Crippen LogP contribution < -0.4 is 10.1 Å². The zero-order valence-corrected chi connectivity index (χ0v) is 12.8. The highest BCUT2D eigenvalue weighted by Crippen LogP contribution is 2.35. The van der Waals surface area contributed by atoms with E-state index < -0.39 is 15.2 Å². The maximum absolute atomic E-state index is 13.0. The van der Waals surface area contributed by atoms with Crippen LogP contribution in [-0.4, -0.2) is 15.5 Å². The highest BCUT2D eigenvalue weighted by atomic mass is 32.2. The van der Waals surface area contributed by atoms with Crippen LogP contribution in [0.5, 0.6) is 5.75 Å². The van der Waals surface area contributed by atoms with E-state index in [2.05, 4.69) is 5.32 Å². The predicted molar refractivity (Wildman–Crippen MR) is 80.9 cm³/mol. The molecule has 0 saturated heterocycles. The van der Waals surface area contributed by atoms with Crippen molar-refractivity contribution < 1.29 is 13.2 Å². The first-order chi connectivity index (χ1) is 10.0. The lowest BCUT2D eigenvalue weighted by atomic mass is 10.1. The van der Waals surface area contributed by atoms with Crippen LogP contribution in [0.25, 0.3) is 0 Å². The van der Waals surface area contributed by atoms with Crippen molar-refractivity contribution in [2.24, 2.45) is 0 Å². The minimum Gasteiger partial charge on any atom is -0.497 e. The zero-order valence-electron chi connectivity index (χ0n) is 12.0. The van der Waals surface area contributed by atoms with Gasteiger partial charge >= 0.3 is 0 Å². The second-order valence-corrected chi connectivity index (χ2v) is 7.14. The molecule has 1 N–H and O–H groups in total.